The van der Waals surface area contributed by atoms with Gasteiger partial charge >= 0.3 is 6.18 Å². The summed E-state index contributed by atoms with van der Waals surface area (Å²) in [5, 5.41) is 21.5. The smallest absolute Gasteiger partial charge is 0.416 e. The van der Waals surface area contributed by atoms with Crippen molar-refractivity contribution < 1.29 is 17.9 Å². The van der Waals surface area contributed by atoms with Crippen molar-refractivity contribution in [1.82, 2.24) is 9.97 Å². The number of nitriles is 2. The predicted octanol–water partition coefficient (Wildman–Crippen LogP) is 4.75. The Labute approximate surface area is 194 Å². The molecule has 0 bridgehead atoms. The van der Waals surface area contributed by atoms with Crippen LogP contribution in [-0.4, -0.2) is 23.6 Å². The van der Waals surface area contributed by atoms with Crippen molar-refractivity contribution in [3.63, 3.8) is 0 Å². The number of methoxy groups -OCH3 is 1. The van der Waals surface area contributed by atoms with Gasteiger partial charge in [-0.15, -0.1) is 0 Å². The van der Waals surface area contributed by atoms with E-state index in [4.69, 9.17) is 10.00 Å². The number of rotatable bonds is 5. The van der Waals surface area contributed by atoms with Gasteiger partial charge in [0.25, 0.3) is 0 Å². The molecule has 172 valence electrons. The van der Waals surface area contributed by atoms with Gasteiger partial charge in [0.15, 0.2) is 0 Å². The molecule has 3 aromatic rings. The summed E-state index contributed by atoms with van der Waals surface area (Å²) in [4.78, 5) is 10.4. The van der Waals surface area contributed by atoms with Gasteiger partial charge in [-0.1, -0.05) is 6.07 Å². The van der Waals surface area contributed by atoms with E-state index >= 15 is 0 Å². The molecule has 2 aromatic carbocycles. The van der Waals surface area contributed by atoms with E-state index in [9.17, 15) is 18.4 Å². The molecule has 1 aliphatic heterocycles. The van der Waals surface area contributed by atoms with Crippen LogP contribution in [0.3, 0.4) is 0 Å². The van der Waals surface area contributed by atoms with E-state index in [0.29, 0.717) is 35.9 Å². The van der Waals surface area contributed by atoms with E-state index < -0.39 is 11.7 Å². The van der Waals surface area contributed by atoms with E-state index in [0.717, 1.165) is 17.3 Å². The maximum absolute atomic E-state index is 13.6. The molecule has 0 aliphatic carbocycles. The average Bonchev–Trinajstić information content (AvgIpc) is 2.83. The molecule has 10 heteroatoms. The highest BCUT2D eigenvalue weighted by molar-refractivity contribution is 5.63. The van der Waals surface area contributed by atoms with E-state index in [1.807, 2.05) is 18.2 Å². The summed E-state index contributed by atoms with van der Waals surface area (Å²) in [6, 6.07) is 14.9. The van der Waals surface area contributed by atoms with E-state index in [-0.39, 0.29) is 24.4 Å². The van der Waals surface area contributed by atoms with Crippen LogP contribution in [0.5, 0.6) is 5.75 Å². The second kappa shape index (κ2) is 9.28. The van der Waals surface area contributed by atoms with E-state index in [1.54, 1.807) is 36.3 Å². The first-order valence-electron chi connectivity index (χ1n) is 10.4. The highest BCUT2D eigenvalue weighted by Gasteiger charge is 2.34. The molecule has 2 heterocycles. The third-order valence-corrected chi connectivity index (χ3v) is 5.55. The number of hydrogen-bond acceptors (Lipinski definition) is 7. The Kier molecular flexibility index (Phi) is 6.24. The standard InChI is InChI=1S/C24H19F3N6O/c1-34-18-6-3-16(4-7-18)30-23-19-9-11-33(14-21(19)31-22(13-29)32-23)17-5-2-15(8-10-28)20(12-17)24(25,26)27/h2-7,12H,8-9,11,14H2,1H3,(H,30,31,32). The molecular formula is C24H19F3N6O. The summed E-state index contributed by atoms with van der Waals surface area (Å²) < 4.78 is 45.9. The number of fused-ring (bicyclic) bond motifs is 1. The molecule has 0 saturated heterocycles. The number of nitrogens with one attached hydrogen (secondary N) is 1. The molecule has 0 amide bonds. The molecule has 34 heavy (non-hydrogen) atoms. The summed E-state index contributed by atoms with van der Waals surface area (Å²) >= 11 is 0. The zero-order chi connectivity index (χ0) is 24.3. The van der Waals surface area contributed by atoms with Gasteiger partial charge in [0.1, 0.15) is 17.6 Å². The van der Waals surface area contributed by atoms with Crippen molar-refractivity contribution in [2.75, 3.05) is 23.9 Å². The second-order valence-electron chi connectivity index (χ2n) is 7.63. The van der Waals surface area contributed by atoms with Crippen LogP contribution >= 0.6 is 0 Å². The van der Waals surface area contributed by atoms with Crippen molar-refractivity contribution in [3.05, 3.63) is 70.7 Å². The number of anilines is 3. The Morgan fingerprint density at radius 2 is 1.88 bits per heavy atom. The SMILES string of the molecule is COc1ccc(Nc2nc(C#N)nc3c2CCN(c2ccc(CC#N)c(C(F)(F)F)c2)C3)cc1. The lowest BCUT2D eigenvalue weighted by molar-refractivity contribution is -0.138. The van der Waals surface area contributed by atoms with Crippen LogP contribution in [0.4, 0.5) is 30.4 Å². The maximum Gasteiger partial charge on any atom is 0.416 e. The van der Waals surface area contributed by atoms with Crippen LogP contribution in [0.15, 0.2) is 42.5 Å². The van der Waals surface area contributed by atoms with Crippen molar-refractivity contribution in [2.45, 2.75) is 25.6 Å². The Bertz CT molecular complexity index is 1290. The van der Waals surface area contributed by atoms with Gasteiger partial charge in [0.2, 0.25) is 5.82 Å². The first kappa shape index (κ1) is 22.9. The van der Waals surface area contributed by atoms with Crippen LogP contribution in [0.1, 0.15) is 28.2 Å². The monoisotopic (exact) mass is 464 g/mol. The molecule has 1 N–H and O–H groups in total. The van der Waals surface area contributed by atoms with E-state index in [1.165, 1.54) is 6.07 Å². The van der Waals surface area contributed by atoms with Gasteiger partial charge < -0.3 is 15.0 Å². The number of nitrogens with zero attached hydrogens (tertiary/aromatic N) is 5. The Morgan fingerprint density at radius 3 is 2.53 bits per heavy atom. The zero-order valence-corrected chi connectivity index (χ0v) is 18.1. The number of benzene rings is 2. The lowest BCUT2D eigenvalue weighted by atomic mass is 10.0. The quantitative estimate of drug-likeness (QED) is 0.582. The molecule has 0 spiro atoms. The van der Waals surface area contributed by atoms with Gasteiger partial charge in [0.05, 0.1) is 37.4 Å². The first-order valence-corrected chi connectivity index (χ1v) is 10.4. The summed E-state index contributed by atoms with van der Waals surface area (Å²) in [5.41, 5.74) is 1.62. The highest BCUT2D eigenvalue weighted by Crippen LogP contribution is 2.36. The minimum Gasteiger partial charge on any atom is -0.497 e. The van der Waals surface area contributed by atoms with Crippen LogP contribution in [0.2, 0.25) is 0 Å². The Balaban J connectivity index is 1.65. The van der Waals surface area contributed by atoms with Crippen LogP contribution in [0, 0.1) is 22.7 Å². The second-order valence-corrected chi connectivity index (χ2v) is 7.63. The molecule has 0 radical (unpaired) electrons. The maximum atomic E-state index is 13.6. The fraction of sp³-hybridized carbons (Fsp3) is 0.250. The molecule has 0 fully saturated rings. The molecule has 0 atom stereocenters. The van der Waals surface area contributed by atoms with Gasteiger partial charge in [-0.3, -0.25) is 0 Å². The fourth-order valence-electron chi connectivity index (χ4n) is 3.88. The van der Waals surface area contributed by atoms with Crippen molar-refractivity contribution in [2.24, 2.45) is 0 Å². The summed E-state index contributed by atoms with van der Waals surface area (Å²) in [5.74, 6) is 1.16. The fourth-order valence-corrected chi connectivity index (χ4v) is 3.88. The molecule has 7 nitrogen and oxygen atoms in total. The minimum atomic E-state index is -4.57. The van der Waals surface area contributed by atoms with Crippen LogP contribution in [0.25, 0.3) is 0 Å². The molecule has 4 rings (SSSR count). The number of halogens is 3. The number of aromatic nitrogens is 2. The van der Waals surface area contributed by atoms with Crippen molar-refractivity contribution in [1.29, 1.82) is 10.5 Å². The first-order chi connectivity index (χ1) is 16.3. The number of hydrogen-bond donors (Lipinski definition) is 1. The predicted molar refractivity (Wildman–Crippen MR) is 119 cm³/mol. The Hall–Kier alpha value is -4.31. The van der Waals surface area contributed by atoms with E-state index in [2.05, 4.69) is 15.3 Å². The topological polar surface area (TPSA) is 97.9 Å². The molecular weight excluding hydrogens is 445 g/mol. The van der Waals surface area contributed by atoms with Gasteiger partial charge in [-0.2, -0.15) is 23.7 Å². The number of ether oxygens (including phenoxy) is 1. The minimum absolute atomic E-state index is 0.0306. The number of alkyl halides is 3. The normalized spacial score (nSPS) is 12.9. The van der Waals surface area contributed by atoms with Crippen LogP contribution in [-0.2, 0) is 25.6 Å². The molecule has 0 unspecified atom stereocenters. The third kappa shape index (κ3) is 4.71. The molecule has 1 aromatic heterocycles. The highest BCUT2D eigenvalue weighted by atomic mass is 19.4. The van der Waals surface area contributed by atoms with Crippen molar-refractivity contribution >= 4 is 17.2 Å². The van der Waals surface area contributed by atoms with Gasteiger partial charge in [-0.25, -0.2) is 9.97 Å². The Morgan fingerprint density at radius 1 is 1.12 bits per heavy atom. The third-order valence-electron chi connectivity index (χ3n) is 5.55. The summed E-state index contributed by atoms with van der Waals surface area (Å²) in [6.45, 7) is 0.660. The van der Waals surface area contributed by atoms with Crippen LogP contribution < -0.4 is 15.0 Å². The lowest BCUT2D eigenvalue weighted by Crippen LogP contribution is -2.32. The van der Waals surface area contributed by atoms with Gasteiger partial charge in [-0.05, 0) is 48.4 Å². The van der Waals surface area contributed by atoms with Gasteiger partial charge in [0, 0.05) is 23.5 Å². The largest absolute Gasteiger partial charge is 0.497 e. The molecule has 1 aliphatic rings. The zero-order valence-electron chi connectivity index (χ0n) is 18.1. The summed E-state index contributed by atoms with van der Waals surface area (Å²) in [7, 11) is 1.57. The lowest BCUT2D eigenvalue weighted by Gasteiger charge is -2.31. The average molecular weight is 464 g/mol. The summed E-state index contributed by atoms with van der Waals surface area (Å²) in [6.07, 6.45) is -4.42. The molecule has 0 saturated carbocycles. The van der Waals surface area contributed by atoms with Crippen molar-refractivity contribution in [3.8, 4) is 17.9 Å².